The summed E-state index contributed by atoms with van der Waals surface area (Å²) in [7, 11) is 0. The molecule has 0 spiro atoms. The van der Waals surface area contributed by atoms with Crippen molar-refractivity contribution in [1.29, 1.82) is 0 Å². The minimum absolute atomic E-state index is 0.0974. The predicted molar refractivity (Wildman–Crippen MR) is 70.9 cm³/mol. The maximum atomic E-state index is 11.9. The van der Waals surface area contributed by atoms with Crippen LogP contribution in [0.25, 0.3) is 0 Å². The number of nitrogens with zero attached hydrogens (tertiary/aromatic N) is 2. The van der Waals surface area contributed by atoms with Crippen LogP contribution in [0, 0.1) is 0 Å². The molecule has 1 unspecified atom stereocenters. The zero-order chi connectivity index (χ0) is 13.8. The number of piperidine rings is 1. The highest BCUT2D eigenvalue weighted by atomic mass is 16.4. The third kappa shape index (κ3) is 3.45. The van der Waals surface area contributed by atoms with Crippen LogP contribution in [0.2, 0.25) is 0 Å². The fraction of sp³-hybridized carbons (Fsp3) is 0.846. The molecule has 1 amide bonds. The first kappa shape index (κ1) is 14.3. The standard InChI is InChI=1S/C13H23N3O3/c1-2-15-6-3-10(4-7-15)16-8-5-14-13(19)11(16)9-12(17)18/h10-11H,2-9H2,1H3,(H,14,19)(H,17,18). The molecule has 6 nitrogen and oxygen atoms in total. The summed E-state index contributed by atoms with van der Waals surface area (Å²) < 4.78 is 0. The minimum atomic E-state index is -0.905. The Kier molecular flexibility index (Phi) is 4.76. The predicted octanol–water partition coefficient (Wildman–Crippen LogP) is -0.254. The molecule has 108 valence electrons. The van der Waals surface area contributed by atoms with Crippen molar-refractivity contribution in [2.24, 2.45) is 0 Å². The van der Waals surface area contributed by atoms with Crippen molar-refractivity contribution < 1.29 is 14.7 Å². The molecule has 19 heavy (non-hydrogen) atoms. The van der Waals surface area contributed by atoms with Crippen LogP contribution in [-0.2, 0) is 9.59 Å². The summed E-state index contributed by atoms with van der Waals surface area (Å²) in [6.45, 7) is 6.69. The number of likely N-dealkylation sites (tertiary alicyclic amines) is 1. The quantitative estimate of drug-likeness (QED) is 0.736. The van der Waals surface area contributed by atoms with E-state index in [0.29, 0.717) is 12.6 Å². The lowest BCUT2D eigenvalue weighted by molar-refractivity contribution is -0.144. The summed E-state index contributed by atoms with van der Waals surface area (Å²) in [6.07, 6.45) is 1.95. The molecule has 2 N–H and O–H groups in total. The van der Waals surface area contributed by atoms with Crippen molar-refractivity contribution in [3.63, 3.8) is 0 Å². The van der Waals surface area contributed by atoms with Gasteiger partial charge in [0.05, 0.1) is 12.5 Å². The number of carbonyl (C=O) groups is 2. The van der Waals surface area contributed by atoms with Gasteiger partial charge in [-0.2, -0.15) is 0 Å². The van der Waals surface area contributed by atoms with Crippen LogP contribution in [0.3, 0.4) is 0 Å². The third-order valence-electron chi connectivity index (χ3n) is 4.21. The zero-order valence-corrected chi connectivity index (χ0v) is 11.5. The van der Waals surface area contributed by atoms with Crippen molar-refractivity contribution in [2.75, 3.05) is 32.7 Å². The Labute approximate surface area is 113 Å². The number of carboxylic acid groups (broad SMARTS) is 1. The average Bonchev–Trinajstić information content (AvgIpc) is 2.41. The van der Waals surface area contributed by atoms with E-state index < -0.39 is 12.0 Å². The molecule has 0 aromatic rings. The molecule has 2 aliphatic heterocycles. The van der Waals surface area contributed by atoms with E-state index >= 15 is 0 Å². The van der Waals surface area contributed by atoms with E-state index in [9.17, 15) is 9.59 Å². The number of hydrogen-bond donors (Lipinski definition) is 2. The second-order valence-corrected chi connectivity index (χ2v) is 5.31. The number of hydrogen-bond acceptors (Lipinski definition) is 4. The Balaban J connectivity index is 1.99. The van der Waals surface area contributed by atoms with Crippen LogP contribution in [0.4, 0.5) is 0 Å². The normalized spacial score (nSPS) is 27.2. The van der Waals surface area contributed by atoms with Gasteiger partial charge in [0.25, 0.3) is 0 Å². The molecule has 2 aliphatic rings. The van der Waals surface area contributed by atoms with E-state index in [1.54, 1.807) is 0 Å². The topological polar surface area (TPSA) is 72.9 Å². The summed E-state index contributed by atoms with van der Waals surface area (Å²) in [4.78, 5) is 27.3. The van der Waals surface area contributed by atoms with Gasteiger partial charge in [0, 0.05) is 19.1 Å². The Morgan fingerprint density at radius 1 is 1.37 bits per heavy atom. The Bertz CT molecular complexity index is 340. The molecule has 0 saturated carbocycles. The maximum absolute atomic E-state index is 11.9. The minimum Gasteiger partial charge on any atom is -0.481 e. The molecule has 2 fully saturated rings. The van der Waals surface area contributed by atoms with Crippen molar-refractivity contribution in [3.8, 4) is 0 Å². The van der Waals surface area contributed by atoms with E-state index in [2.05, 4.69) is 22.0 Å². The number of amides is 1. The summed E-state index contributed by atoms with van der Waals surface area (Å²) in [5.74, 6) is -1.04. The molecule has 2 heterocycles. The van der Waals surface area contributed by atoms with Gasteiger partial charge in [-0.3, -0.25) is 14.5 Å². The lowest BCUT2D eigenvalue weighted by Crippen LogP contribution is -2.60. The number of carboxylic acids is 1. The first-order valence-corrected chi connectivity index (χ1v) is 7.09. The van der Waals surface area contributed by atoms with Crippen LogP contribution >= 0.6 is 0 Å². The maximum Gasteiger partial charge on any atom is 0.305 e. The second kappa shape index (κ2) is 6.34. The molecule has 2 rings (SSSR count). The van der Waals surface area contributed by atoms with Crippen LogP contribution in [-0.4, -0.2) is 71.6 Å². The van der Waals surface area contributed by atoms with Crippen molar-refractivity contribution in [1.82, 2.24) is 15.1 Å². The van der Waals surface area contributed by atoms with Gasteiger partial charge in [-0.25, -0.2) is 0 Å². The van der Waals surface area contributed by atoms with Crippen molar-refractivity contribution >= 4 is 11.9 Å². The summed E-state index contributed by atoms with van der Waals surface area (Å²) in [6, 6.07) is -0.150. The van der Waals surface area contributed by atoms with Gasteiger partial charge in [-0.05, 0) is 32.5 Å². The molecule has 0 bridgehead atoms. The van der Waals surface area contributed by atoms with Gasteiger partial charge < -0.3 is 15.3 Å². The van der Waals surface area contributed by atoms with Gasteiger partial charge in [-0.15, -0.1) is 0 Å². The number of carbonyl (C=O) groups excluding carboxylic acids is 1. The van der Waals surface area contributed by atoms with E-state index in [1.807, 2.05) is 0 Å². The monoisotopic (exact) mass is 269 g/mol. The number of piperazine rings is 1. The summed E-state index contributed by atoms with van der Waals surface area (Å²) in [5, 5.41) is 11.7. The van der Waals surface area contributed by atoms with E-state index in [-0.39, 0.29) is 12.3 Å². The molecular weight excluding hydrogens is 246 g/mol. The molecule has 0 aromatic heterocycles. The van der Waals surface area contributed by atoms with Gasteiger partial charge in [-0.1, -0.05) is 6.92 Å². The van der Waals surface area contributed by atoms with Crippen LogP contribution in [0.15, 0.2) is 0 Å². The molecule has 1 atom stereocenters. The van der Waals surface area contributed by atoms with Crippen LogP contribution < -0.4 is 5.32 Å². The van der Waals surface area contributed by atoms with Crippen LogP contribution in [0.1, 0.15) is 26.2 Å². The lowest BCUT2D eigenvalue weighted by Gasteiger charge is -2.43. The van der Waals surface area contributed by atoms with Gasteiger partial charge in [0.2, 0.25) is 5.91 Å². The van der Waals surface area contributed by atoms with Gasteiger partial charge in [0.15, 0.2) is 0 Å². The number of aliphatic carboxylic acids is 1. The van der Waals surface area contributed by atoms with E-state index in [0.717, 1.165) is 39.0 Å². The van der Waals surface area contributed by atoms with E-state index in [1.165, 1.54) is 0 Å². The summed E-state index contributed by atoms with van der Waals surface area (Å²) >= 11 is 0. The molecule has 0 radical (unpaired) electrons. The Hall–Kier alpha value is -1.14. The fourth-order valence-electron chi connectivity index (χ4n) is 3.11. The van der Waals surface area contributed by atoms with Gasteiger partial charge in [0.1, 0.15) is 0 Å². The highest BCUT2D eigenvalue weighted by molar-refractivity contribution is 5.86. The van der Waals surface area contributed by atoms with E-state index in [4.69, 9.17) is 5.11 Å². The first-order chi connectivity index (χ1) is 9.11. The van der Waals surface area contributed by atoms with Gasteiger partial charge >= 0.3 is 5.97 Å². The lowest BCUT2D eigenvalue weighted by atomic mass is 9.98. The number of rotatable bonds is 4. The second-order valence-electron chi connectivity index (χ2n) is 5.31. The molecule has 6 heteroatoms. The smallest absolute Gasteiger partial charge is 0.305 e. The first-order valence-electron chi connectivity index (χ1n) is 7.09. The molecule has 2 saturated heterocycles. The van der Waals surface area contributed by atoms with Crippen molar-refractivity contribution in [2.45, 2.75) is 38.3 Å². The van der Waals surface area contributed by atoms with Crippen molar-refractivity contribution in [3.05, 3.63) is 0 Å². The zero-order valence-electron chi connectivity index (χ0n) is 11.5. The highest BCUT2D eigenvalue weighted by Gasteiger charge is 2.36. The van der Waals surface area contributed by atoms with Crippen LogP contribution in [0.5, 0.6) is 0 Å². The Morgan fingerprint density at radius 2 is 2.05 bits per heavy atom. The summed E-state index contributed by atoms with van der Waals surface area (Å²) in [5.41, 5.74) is 0. The molecule has 0 aliphatic carbocycles. The Morgan fingerprint density at radius 3 is 2.63 bits per heavy atom. The third-order valence-corrected chi connectivity index (χ3v) is 4.21. The number of nitrogens with one attached hydrogen (secondary N) is 1. The fourth-order valence-corrected chi connectivity index (χ4v) is 3.11. The highest BCUT2D eigenvalue weighted by Crippen LogP contribution is 2.21. The molecular formula is C13H23N3O3. The average molecular weight is 269 g/mol. The molecule has 0 aromatic carbocycles. The largest absolute Gasteiger partial charge is 0.481 e. The SMILES string of the molecule is CCN1CCC(N2CCNC(=O)C2CC(=O)O)CC1.